The quantitative estimate of drug-likeness (QED) is 0.280. The van der Waals surface area contributed by atoms with Crippen LogP contribution in [0, 0.1) is 17.0 Å². The van der Waals surface area contributed by atoms with Gasteiger partial charge in [0.2, 0.25) is 0 Å². The van der Waals surface area contributed by atoms with Gasteiger partial charge in [-0.3, -0.25) is 0 Å². The van der Waals surface area contributed by atoms with Crippen LogP contribution in [0.5, 0.6) is 0 Å². The molecule has 8 heteroatoms. The van der Waals surface area contributed by atoms with Crippen molar-refractivity contribution in [2.45, 2.75) is 39.8 Å². The van der Waals surface area contributed by atoms with E-state index in [2.05, 4.69) is 35.6 Å². The average Bonchev–Trinajstić information content (AvgIpc) is 3.20. The second-order valence-corrected chi connectivity index (χ2v) is 10.0. The summed E-state index contributed by atoms with van der Waals surface area (Å²) >= 11 is 6.02. The van der Waals surface area contributed by atoms with Gasteiger partial charge in [0.1, 0.15) is 11.6 Å². The van der Waals surface area contributed by atoms with Crippen LogP contribution in [0.2, 0.25) is 0 Å². The van der Waals surface area contributed by atoms with Crippen molar-refractivity contribution in [3.63, 3.8) is 0 Å². The first-order chi connectivity index (χ1) is 17.1. The van der Waals surface area contributed by atoms with E-state index in [0.29, 0.717) is 31.6 Å². The minimum Gasteiger partial charge on any atom is -0.465 e. The maximum absolute atomic E-state index is 14.7. The van der Waals surface area contributed by atoms with Gasteiger partial charge in [0, 0.05) is 54.4 Å². The van der Waals surface area contributed by atoms with E-state index in [-0.39, 0.29) is 17.0 Å². The summed E-state index contributed by atoms with van der Waals surface area (Å²) in [7, 11) is 0. The molecule has 0 fully saturated rings. The zero-order valence-electron chi connectivity index (χ0n) is 20.7. The molecule has 36 heavy (non-hydrogen) atoms. The van der Waals surface area contributed by atoms with Crippen LogP contribution in [0.25, 0.3) is 11.1 Å². The Balaban J connectivity index is 2.10. The van der Waals surface area contributed by atoms with E-state index in [9.17, 15) is 13.6 Å². The number of amides is 1. The zero-order chi connectivity index (χ0) is 26.3. The minimum atomic E-state index is -1.07. The molecular weight excluding hydrogens is 484 g/mol. The Hall–Kier alpha value is -3.32. The molecule has 0 radical (unpaired) electrons. The second-order valence-electron chi connectivity index (χ2n) is 9.76. The van der Waals surface area contributed by atoms with E-state index in [1.165, 1.54) is 11.6 Å². The van der Waals surface area contributed by atoms with Gasteiger partial charge in [0.15, 0.2) is 0 Å². The maximum Gasteiger partial charge on any atom is 0.404 e. The van der Waals surface area contributed by atoms with Crippen molar-refractivity contribution in [3.05, 3.63) is 95.4 Å². The van der Waals surface area contributed by atoms with Crippen LogP contribution in [0.3, 0.4) is 0 Å². The Morgan fingerprint density at radius 2 is 1.89 bits per heavy atom. The zero-order valence-corrected chi connectivity index (χ0v) is 21.5. The summed E-state index contributed by atoms with van der Waals surface area (Å²) in [4.78, 5) is 12.9. The summed E-state index contributed by atoms with van der Waals surface area (Å²) in [6.45, 7) is 7.67. The van der Waals surface area contributed by atoms with Gasteiger partial charge in [0.25, 0.3) is 0 Å². The van der Waals surface area contributed by atoms with E-state index in [4.69, 9.17) is 16.7 Å². The van der Waals surface area contributed by atoms with Crippen LogP contribution in [0.15, 0.2) is 72.5 Å². The van der Waals surface area contributed by atoms with Gasteiger partial charge >= 0.3 is 6.09 Å². The molecule has 2 aromatic carbocycles. The topological polar surface area (TPSA) is 57.5 Å². The molecule has 0 saturated heterocycles. The fourth-order valence-corrected chi connectivity index (χ4v) is 4.62. The molecule has 3 rings (SSSR count). The smallest absolute Gasteiger partial charge is 0.404 e. The first-order valence-corrected chi connectivity index (χ1v) is 12.2. The van der Waals surface area contributed by atoms with Crippen LogP contribution >= 0.6 is 11.6 Å². The predicted molar refractivity (Wildman–Crippen MR) is 140 cm³/mol. The third-order valence-corrected chi connectivity index (χ3v) is 6.03. The minimum absolute atomic E-state index is 0.195. The van der Waals surface area contributed by atoms with Gasteiger partial charge in [-0.25, -0.2) is 13.6 Å². The number of rotatable bonds is 10. The number of nitrogens with zero attached hydrogens (tertiary/aromatic N) is 2. The first-order valence-electron chi connectivity index (χ1n) is 11.8. The Kier molecular flexibility index (Phi) is 9.15. The average molecular weight is 516 g/mol. The lowest BCUT2D eigenvalue weighted by molar-refractivity contribution is 0.138. The summed E-state index contributed by atoms with van der Waals surface area (Å²) in [5.74, 6) is -1.00. The monoisotopic (exact) mass is 515 g/mol. The highest BCUT2D eigenvalue weighted by Crippen LogP contribution is 2.41. The van der Waals surface area contributed by atoms with Gasteiger partial charge in [-0.05, 0) is 41.7 Å². The van der Waals surface area contributed by atoms with Crippen molar-refractivity contribution in [3.8, 4) is 11.1 Å². The number of halogens is 3. The van der Waals surface area contributed by atoms with Gasteiger partial charge in [-0.2, -0.15) is 0 Å². The molecular formula is C28H32ClF2N3O2. The summed E-state index contributed by atoms with van der Waals surface area (Å²) in [5.41, 5.74) is 3.89. The highest BCUT2D eigenvalue weighted by molar-refractivity contribution is 6.25. The van der Waals surface area contributed by atoms with E-state index in [1.807, 2.05) is 42.6 Å². The number of nitrogens with one attached hydrogen (secondary N) is 1. The highest BCUT2D eigenvalue weighted by Gasteiger charge is 2.33. The third-order valence-electron chi connectivity index (χ3n) is 5.91. The number of aromatic nitrogens is 1. The molecule has 0 saturated carbocycles. The van der Waals surface area contributed by atoms with Crippen LogP contribution in [-0.2, 0) is 6.54 Å². The molecule has 1 aromatic heterocycles. The Morgan fingerprint density at radius 3 is 2.53 bits per heavy atom. The van der Waals surface area contributed by atoms with Crippen molar-refractivity contribution in [1.29, 1.82) is 0 Å². The van der Waals surface area contributed by atoms with E-state index in [1.54, 1.807) is 6.20 Å². The summed E-state index contributed by atoms with van der Waals surface area (Å²) < 4.78 is 30.8. The van der Waals surface area contributed by atoms with Crippen LogP contribution < -0.4 is 5.32 Å². The molecule has 0 aliphatic rings. The lowest BCUT2D eigenvalue weighted by Gasteiger charge is -2.40. The Morgan fingerprint density at radius 1 is 1.17 bits per heavy atom. The molecule has 5 nitrogen and oxygen atoms in total. The fourth-order valence-electron chi connectivity index (χ4n) is 4.47. The maximum atomic E-state index is 14.7. The Bertz CT molecular complexity index is 1190. The van der Waals surface area contributed by atoms with Gasteiger partial charge in [0.05, 0.1) is 6.04 Å². The second kappa shape index (κ2) is 12.1. The summed E-state index contributed by atoms with van der Waals surface area (Å²) in [6.07, 6.45) is 3.12. The number of hydrogen-bond donors (Lipinski definition) is 2. The van der Waals surface area contributed by atoms with Crippen LogP contribution in [-0.4, -0.2) is 33.8 Å². The number of hydrogen-bond acceptors (Lipinski definition) is 2. The van der Waals surface area contributed by atoms with Crippen molar-refractivity contribution < 1.29 is 18.7 Å². The molecule has 0 aliphatic heterocycles. The Labute approximate surface area is 216 Å². The molecule has 2 N–H and O–H groups in total. The molecule has 3 aromatic rings. The van der Waals surface area contributed by atoms with Gasteiger partial charge in [-0.15, -0.1) is 0 Å². The summed E-state index contributed by atoms with van der Waals surface area (Å²) in [6, 6.07) is 15.1. The van der Waals surface area contributed by atoms with Crippen LogP contribution in [0.1, 0.15) is 44.5 Å². The number of carbonyl (C=O) groups is 1. The van der Waals surface area contributed by atoms with Crippen molar-refractivity contribution in [2.24, 2.45) is 5.41 Å². The highest BCUT2D eigenvalue weighted by atomic mass is 35.5. The lowest BCUT2D eigenvalue weighted by Crippen LogP contribution is -2.36. The van der Waals surface area contributed by atoms with Crippen molar-refractivity contribution in [1.82, 2.24) is 14.8 Å². The van der Waals surface area contributed by atoms with Crippen molar-refractivity contribution >= 4 is 17.7 Å². The van der Waals surface area contributed by atoms with Crippen LogP contribution in [0.4, 0.5) is 13.6 Å². The number of benzene rings is 2. The van der Waals surface area contributed by atoms with E-state index in [0.717, 1.165) is 23.4 Å². The molecule has 0 unspecified atom stereocenters. The molecule has 1 atom stereocenters. The SMILES string of the molecule is CC(C)(C)[C@H](c1cc(-c2cc(F)ccc2F)cn1Cc1ccccc1)N(C=CCl)CCCNC(=O)O. The largest absolute Gasteiger partial charge is 0.465 e. The van der Waals surface area contributed by atoms with Crippen molar-refractivity contribution in [2.75, 3.05) is 13.1 Å². The first kappa shape index (κ1) is 27.3. The predicted octanol–water partition coefficient (Wildman–Crippen LogP) is 7.24. The summed E-state index contributed by atoms with van der Waals surface area (Å²) in [5, 5.41) is 11.3. The molecule has 0 spiro atoms. The number of carboxylic acid groups (broad SMARTS) is 1. The fraction of sp³-hybridized carbons (Fsp3) is 0.321. The lowest BCUT2D eigenvalue weighted by atomic mass is 9.83. The molecule has 0 aliphatic carbocycles. The standard InChI is InChI=1S/C28H32ClF2N3O2/c1-28(2,3)26(33(15-12-29)14-7-13-32-27(35)36)25-16-21(23-17-22(30)10-11-24(23)31)19-34(25)18-20-8-5-4-6-9-20/h4-6,8-12,15-17,19,26,32H,7,13-14,18H2,1-3H3,(H,35,36)/t26-/m0/s1. The van der Waals surface area contributed by atoms with E-state index >= 15 is 0 Å². The normalized spacial score (nSPS) is 12.6. The molecule has 1 amide bonds. The van der Waals surface area contributed by atoms with Gasteiger partial charge < -0.3 is 19.9 Å². The van der Waals surface area contributed by atoms with E-state index < -0.39 is 17.7 Å². The molecule has 192 valence electrons. The third kappa shape index (κ3) is 7.10. The molecule has 1 heterocycles. The van der Waals surface area contributed by atoms with Gasteiger partial charge in [-0.1, -0.05) is 62.7 Å². The molecule has 0 bridgehead atoms.